The predicted molar refractivity (Wildman–Crippen MR) is 99.7 cm³/mol. The summed E-state index contributed by atoms with van der Waals surface area (Å²) in [5.74, 6) is 1.08. The number of carbonyl (C=O) groups is 2. The van der Waals surface area contributed by atoms with Crippen LogP contribution in [0, 0.1) is 0 Å². The molecular formula is C18H18BrN3O4. The van der Waals surface area contributed by atoms with Crippen molar-refractivity contribution in [3.8, 4) is 11.5 Å². The molecule has 7 nitrogen and oxygen atoms in total. The topological polar surface area (TPSA) is 80.8 Å². The van der Waals surface area contributed by atoms with Crippen LogP contribution in [0.3, 0.4) is 0 Å². The zero-order valence-corrected chi connectivity index (χ0v) is 15.9. The summed E-state index contributed by atoms with van der Waals surface area (Å²) in [6.45, 7) is 2.02. The Morgan fingerprint density at radius 1 is 1.35 bits per heavy atom. The van der Waals surface area contributed by atoms with Crippen LogP contribution < -0.4 is 19.7 Å². The van der Waals surface area contributed by atoms with Gasteiger partial charge in [0.1, 0.15) is 18.5 Å². The van der Waals surface area contributed by atoms with Gasteiger partial charge in [-0.25, -0.2) is 4.98 Å². The Balaban J connectivity index is 1.69. The number of ether oxygens (including phenoxy) is 2. The zero-order valence-electron chi connectivity index (χ0n) is 14.4. The van der Waals surface area contributed by atoms with Gasteiger partial charge in [-0.3, -0.25) is 14.5 Å². The maximum Gasteiger partial charge on any atom is 0.255 e. The third-order valence-electron chi connectivity index (χ3n) is 3.93. The van der Waals surface area contributed by atoms with Gasteiger partial charge >= 0.3 is 0 Å². The highest BCUT2D eigenvalue weighted by molar-refractivity contribution is 9.10. The zero-order chi connectivity index (χ0) is 18.7. The number of nitrogens with one attached hydrogen (secondary N) is 1. The minimum atomic E-state index is -0.343. The van der Waals surface area contributed by atoms with E-state index in [0.717, 1.165) is 0 Å². The van der Waals surface area contributed by atoms with E-state index in [1.807, 2.05) is 24.3 Å². The quantitative estimate of drug-likeness (QED) is 0.822. The molecule has 1 aliphatic rings. The average Bonchev–Trinajstić information content (AvgIpc) is 2.65. The summed E-state index contributed by atoms with van der Waals surface area (Å²) >= 11 is 3.31. The molecule has 136 valence electrons. The molecule has 0 saturated carbocycles. The number of hydrogen-bond donors (Lipinski definition) is 1. The maximum atomic E-state index is 12.6. The van der Waals surface area contributed by atoms with E-state index in [-0.39, 0.29) is 24.5 Å². The standard InChI is InChI=1S/C18H18BrN3O4/c1-11(23)22(2)17-14(7-12(19)8-20-17)18(24)21-9-13-10-25-15-5-3-4-6-16(15)26-13/h3-8,13H,9-10H2,1-2H3,(H,21,24). The van der Waals surface area contributed by atoms with Crippen LogP contribution in [0.5, 0.6) is 11.5 Å². The maximum absolute atomic E-state index is 12.6. The summed E-state index contributed by atoms with van der Waals surface area (Å²) in [5.41, 5.74) is 0.300. The van der Waals surface area contributed by atoms with Crippen LogP contribution in [-0.4, -0.2) is 43.1 Å². The number of para-hydroxylation sites is 2. The van der Waals surface area contributed by atoms with Crippen molar-refractivity contribution in [3.63, 3.8) is 0 Å². The number of rotatable bonds is 4. The van der Waals surface area contributed by atoms with Crippen molar-refractivity contribution in [1.82, 2.24) is 10.3 Å². The third-order valence-corrected chi connectivity index (χ3v) is 4.36. The van der Waals surface area contributed by atoms with E-state index >= 15 is 0 Å². The molecule has 0 bridgehead atoms. The number of carbonyl (C=O) groups excluding carboxylic acids is 2. The fourth-order valence-electron chi connectivity index (χ4n) is 2.48. The van der Waals surface area contributed by atoms with E-state index < -0.39 is 0 Å². The summed E-state index contributed by atoms with van der Waals surface area (Å²) < 4.78 is 12.1. The molecule has 1 aliphatic heterocycles. The van der Waals surface area contributed by atoms with E-state index in [1.54, 1.807) is 19.3 Å². The van der Waals surface area contributed by atoms with Crippen molar-refractivity contribution in [2.24, 2.45) is 0 Å². The summed E-state index contributed by atoms with van der Waals surface area (Å²) in [7, 11) is 1.57. The SMILES string of the molecule is CC(=O)N(C)c1ncc(Br)cc1C(=O)NCC1COc2ccccc2O1. The van der Waals surface area contributed by atoms with E-state index in [9.17, 15) is 9.59 Å². The molecular weight excluding hydrogens is 402 g/mol. The molecule has 0 aliphatic carbocycles. The number of aromatic nitrogens is 1. The Hall–Kier alpha value is -2.61. The average molecular weight is 420 g/mol. The number of benzene rings is 1. The number of halogens is 1. The van der Waals surface area contributed by atoms with Gasteiger partial charge < -0.3 is 14.8 Å². The summed E-state index contributed by atoms with van der Waals surface area (Å²) in [5, 5.41) is 2.82. The number of anilines is 1. The second-order valence-electron chi connectivity index (χ2n) is 5.81. The first-order valence-corrected chi connectivity index (χ1v) is 8.81. The highest BCUT2D eigenvalue weighted by Gasteiger charge is 2.23. The van der Waals surface area contributed by atoms with Gasteiger partial charge in [-0.1, -0.05) is 12.1 Å². The predicted octanol–water partition coefficient (Wildman–Crippen LogP) is 2.40. The molecule has 0 radical (unpaired) electrons. The van der Waals surface area contributed by atoms with Gasteiger partial charge in [0.25, 0.3) is 5.91 Å². The van der Waals surface area contributed by atoms with Crippen molar-refractivity contribution in [2.45, 2.75) is 13.0 Å². The molecule has 2 heterocycles. The molecule has 0 fully saturated rings. The molecule has 26 heavy (non-hydrogen) atoms. The fourth-order valence-corrected chi connectivity index (χ4v) is 2.81. The Morgan fingerprint density at radius 2 is 2.08 bits per heavy atom. The molecule has 1 aromatic carbocycles. The van der Waals surface area contributed by atoms with Gasteiger partial charge in [0, 0.05) is 24.6 Å². The number of amides is 2. The lowest BCUT2D eigenvalue weighted by Gasteiger charge is -2.26. The summed E-state index contributed by atoms with van der Waals surface area (Å²) in [4.78, 5) is 29.8. The largest absolute Gasteiger partial charge is 0.486 e. The van der Waals surface area contributed by atoms with Crippen molar-refractivity contribution >= 4 is 33.6 Å². The molecule has 2 amide bonds. The number of hydrogen-bond acceptors (Lipinski definition) is 5. The van der Waals surface area contributed by atoms with E-state index in [4.69, 9.17) is 9.47 Å². The molecule has 1 atom stereocenters. The Kier molecular flexibility index (Phi) is 5.41. The first-order valence-electron chi connectivity index (χ1n) is 8.02. The highest BCUT2D eigenvalue weighted by Crippen LogP contribution is 2.30. The Labute approximate surface area is 159 Å². The van der Waals surface area contributed by atoms with Crippen LogP contribution in [0.15, 0.2) is 41.0 Å². The second-order valence-corrected chi connectivity index (χ2v) is 6.73. The lowest BCUT2D eigenvalue weighted by atomic mass is 10.2. The number of nitrogens with zero attached hydrogens (tertiary/aromatic N) is 2. The molecule has 1 N–H and O–H groups in total. The number of fused-ring (bicyclic) bond motifs is 1. The smallest absolute Gasteiger partial charge is 0.255 e. The van der Waals surface area contributed by atoms with Crippen LogP contribution in [-0.2, 0) is 4.79 Å². The van der Waals surface area contributed by atoms with Crippen LogP contribution in [0.4, 0.5) is 5.82 Å². The lowest BCUT2D eigenvalue weighted by molar-refractivity contribution is -0.116. The summed E-state index contributed by atoms with van der Waals surface area (Å²) in [6, 6.07) is 9.02. The lowest BCUT2D eigenvalue weighted by Crippen LogP contribution is -2.41. The van der Waals surface area contributed by atoms with E-state index in [0.29, 0.717) is 34.0 Å². The van der Waals surface area contributed by atoms with Crippen molar-refractivity contribution in [2.75, 3.05) is 25.1 Å². The molecule has 8 heteroatoms. The van der Waals surface area contributed by atoms with Crippen LogP contribution in [0.2, 0.25) is 0 Å². The van der Waals surface area contributed by atoms with Crippen LogP contribution in [0.1, 0.15) is 17.3 Å². The van der Waals surface area contributed by atoms with Crippen molar-refractivity contribution in [3.05, 3.63) is 46.6 Å². The van der Waals surface area contributed by atoms with E-state index in [2.05, 4.69) is 26.2 Å². The van der Waals surface area contributed by atoms with Crippen LogP contribution >= 0.6 is 15.9 Å². The Bertz CT molecular complexity index is 843. The molecule has 3 rings (SSSR count). The van der Waals surface area contributed by atoms with Gasteiger partial charge in [-0.15, -0.1) is 0 Å². The van der Waals surface area contributed by atoms with Crippen LogP contribution in [0.25, 0.3) is 0 Å². The minimum Gasteiger partial charge on any atom is -0.486 e. The van der Waals surface area contributed by atoms with E-state index in [1.165, 1.54) is 11.8 Å². The van der Waals surface area contributed by atoms with Gasteiger partial charge in [-0.2, -0.15) is 0 Å². The van der Waals surface area contributed by atoms with Gasteiger partial charge in [0.2, 0.25) is 5.91 Å². The third kappa shape index (κ3) is 3.96. The molecule has 1 aromatic heterocycles. The molecule has 0 spiro atoms. The van der Waals surface area contributed by atoms with Gasteiger partial charge in [0.05, 0.1) is 12.1 Å². The number of pyridine rings is 1. The first-order chi connectivity index (χ1) is 12.5. The van der Waals surface area contributed by atoms with Crippen molar-refractivity contribution < 1.29 is 19.1 Å². The summed E-state index contributed by atoms with van der Waals surface area (Å²) in [6.07, 6.45) is 1.24. The molecule has 1 unspecified atom stereocenters. The first kappa shape index (κ1) is 18.2. The monoisotopic (exact) mass is 419 g/mol. The molecule has 0 saturated heterocycles. The molecule has 2 aromatic rings. The fraction of sp³-hybridized carbons (Fsp3) is 0.278. The van der Waals surface area contributed by atoms with Crippen molar-refractivity contribution in [1.29, 1.82) is 0 Å². The van der Waals surface area contributed by atoms with Gasteiger partial charge in [-0.05, 0) is 34.1 Å². The van der Waals surface area contributed by atoms with Gasteiger partial charge in [0.15, 0.2) is 11.5 Å². The highest BCUT2D eigenvalue weighted by atomic mass is 79.9. The second kappa shape index (κ2) is 7.74. The minimum absolute atomic E-state index is 0.213. The Morgan fingerprint density at radius 3 is 2.81 bits per heavy atom. The normalized spacial score (nSPS) is 15.3.